The largest absolute Gasteiger partial charge is 0.468 e. The molecule has 0 aliphatic heterocycles. The molecule has 0 aliphatic carbocycles. The lowest BCUT2D eigenvalue weighted by atomic mass is 10.1. The van der Waals surface area contributed by atoms with E-state index in [-0.39, 0.29) is 11.8 Å². The van der Waals surface area contributed by atoms with Gasteiger partial charge in [-0.2, -0.15) is 0 Å². The maximum atomic E-state index is 12.5. The van der Waals surface area contributed by atoms with Crippen molar-refractivity contribution in [3.8, 4) is 17.1 Å². The zero-order chi connectivity index (χ0) is 24.7. The summed E-state index contributed by atoms with van der Waals surface area (Å²) in [5.41, 5.74) is 1.74. The van der Waals surface area contributed by atoms with E-state index in [1.54, 1.807) is 31.2 Å². The molecule has 3 rings (SSSR count). The lowest BCUT2D eigenvalue weighted by Gasteiger charge is -2.16. The molecule has 1 aromatic heterocycles. The van der Waals surface area contributed by atoms with Crippen LogP contribution in [0.3, 0.4) is 0 Å². The molecule has 9 heteroatoms. The quantitative estimate of drug-likeness (QED) is 0.165. The van der Waals surface area contributed by atoms with E-state index in [4.69, 9.17) is 41.8 Å². The molecule has 0 spiro atoms. The van der Waals surface area contributed by atoms with E-state index in [1.165, 1.54) is 6.26 Å². The second-order valence-corrected chi connectivity index (χ2v) is 15.4. The van der Waals surface area contributed by atoms with Crippen molar-refractivity contribution in [2.45, 2.75) is 38.7 Å². The van der Waals surface area contributed by atoms with Gasteiger partial charge < -0.3 is 18.6 Å². The predicted octanol–water partition coefficient (Wildman–Crippen LogP) is 8.25. The van der Waals surface area contributed by atoms with E-state index in [0.29, 0.717) is 40.0 Å². The van der Waals surface area contributed by atoms with Crippen molar-refractivity contribution in [2.75, 3.05) is 18.7 Å². The molecule has 6 nitrogen and oxygen atoms in total. The van der Waals surface area contributed by atoms with E-state index < -0.39 is 20.3 Å². The molecule has 0 fully saturated rings. The number of benzene rings is 2. The summed E-state index contributed by atoms with van der Waals surface area (Å²) in [5, 5.41) is 3.45. The second-order valence-electron chi connectivity index (χ2n) is 8.99. The zero-order valence-corrected chi connectivity index (χ0v) is 22.2. The minimum Gasteiger partial charge on any atom is -0.468 e. The molecule has 2 aromatic carbocycles. The number of rotatable bonds is 10. The Hall–Kier alpha value is -2.45. The second kappa shape index (κ2) is 11.8. The van der Waals surface area contributed by atoms with E-state index in [2.05, 4.69) is 25.0 Å². The van der Waals surface area contributed by atoms with E-state index >= 15 is 0 Å². The Kier molecular flexibility index (Phi) is 9.08. The Morgan fingerprint density at radius 1 is 1.06 bits per heavy atom. The minimum absolute atomic E-state index is 0.193. The number of anilines is 1. The number of amides is 1. The van der Waals surface area contributed by atoms with Gasteiger partial charge in [0.2, 0.25) is 0 Å². The average Bonchev–Trinajstić information content (AvgIpc) is 3.13. The third kappa shape index (κ3) is 7.53. The van der Waals surface area contributed by atoms with Crippen molar-refractivity contribution in [1.29, 1.82) is 0 Å². The third-order valence-electron chi connectivity index (χ3n) is 5.02. The maximum Gasteiger partial charge on any atom is 0.412 e. The topological polar surface area (TPSA) is 69.9 Å². The summed E-state index contributed by atoms with van der Waals surface area (Å²) in [4.78, 5) is 12.5. The van der Waals surface area contributed by atoms with Crippen LogP contribution in [-0.2, 0) is 9.47 Å². The molecular weight excluding hydrogens is 493 g/mol. The lowest BCUT2D eigenvalue weighted by Crippen LogP contribution is -2.22. The Balaban J connectivity index is 1.59. The molecule has 1 heterocycles. The number of carbonyl (C=O) groups is 1. The van der Waals surface area contributed by atoms with Crippen molar-refractivity contribution in [1.82, 2.24) is 0 Å². The zero-order valence-electron chi connectivity index (χ0n) is 19.7. The number of hydrogen-bond acceptors (Lipinski definition) is 5. The lowest BCUT2D eigenvalue weighted by molar-refractivity contribution is 0.0220. The first-order valence-electron chi connectivity index (χ1n) is 10.9. The van der Waals surface area contributed by atoms with Gasteiger partial charge >= 0.3 is 6.09 Å². The van der Waals surface area contributed by atoms with Crippen LogP contribution in [0.5, 0.6) is 5.75 Å². The fraction of sp³-hybridized carbons (Fsp3) is 0.320. The third-order valence-corrected chi connectivity index (χ3v) is 7.35. The van der Waals surface area contributed by atoms with Crippen LogP contribution in [-0.4, -0.2) is 27.6 Å². The van der Waals surface area contributed by atoms with Crippen LogP contribution >= 0.6 is 23.2 Å². The van der Waals surface area contributed by atoms with Gasteiger partial charge in [0.25, 0.3) is 0 Å². The van der Waals surface area contributed by atoms with Gasteiger partial charge in [-0.3, -0.25) is 5.32 Å². The first-order valence-corrected chi connectivity index (χ1v) is 15.4. The predicted molar refractivity (Wildman–Crippen MR) is 139 cm³/mol. The summed E-state index contributed by atoms with van der Waals surface area (Å²) in [7, 11) is -1.12. The van der Waals surface area contributed by atoms with Crippen molar-refractivity contribution in [2.24, 2.45) is 0 Å². The van der Waals surface area contributed by atoms with Gasteiger partial charge in [0.15, 0.2) is 12.6 Å². The van der Waals surface area contributed by atoms with Crippen LogP contribution in [0.4, 0.5) is 10.5 Å². The standard InChI is InChI=1S/C25H29Cl2NO5Si/c1-17(20-7-5-6-8-21(20)26)33-25(29)28-23-22(27)15-31-24(23)18-9-11-19(12-10-18)32-16-30-13-14-34(2,3)4/h5-12,15,17H,13-14,16H2,1-4H3,(H,28,29). The number of ether oxygens (including phenoxy) is 3. The van der Waals surface area contributed by atoms with Gasteiger partial charge in [-0.1, -0.05) is 61.0 Å². The molecule has 0 saturated carbocycles. The molecule has 1 amide bonds. The fourth-order valence-corrected chi connectivity index (χ4v) is 4.30. The van der Waals surface area contributed by atoms with Crippen molar-refractivity contribution in [3.63, 3.8) is 0 Å². The highest BCUT2D eigenvalue weighted by atomic mass is 35.5. The smallest absolute Gasteiger partial charge is 0.412 e. The van der Waals surface area contributed by atoms with Crippen LogP contribution in [0, 0.1) is 0 Å². The summed E-state index contributed by atoms with van der Waals surface area (Å²) in [6, 6.07) is 15.5. The average molecular weight is 523 g/mol. The maximum absolute atomic E-state index is 12.5. The van der Waals surface area contributed by atoms with Crippen LogP contribution in [0.1, 0.15) is 18.6 Å². The Labute approximate surface area is 211 Å². The summed E-state index contributed by atoms with van der Waals surface area (Å²) in [6.07, 6.45) is 0.139. The van der Waals surface area contributed by atoms with E-state index in [0.717, 1.165) is 6.04 Å². The summed E-state index contributed by atoms with van der Waals surface area (Å²) in [6.45, 7) is 9.54. The molecule has 0 saturated heterocycles. The van der Waals surface area contributed by atoms with Gasteiger partial charge in [0.1, 0.15) is 28.8 Å². The number of nitrogens with one attached hydrogen (secondary N) is 1. The normalized spacial score (nSPS) is 12.3. The molecule has 0 radical (unpaired) electrons. The van der Waals surface area contributed by atoms with Gasteiger partial charge in [0.05, 0.1) is 0 Å². The van der Waals surface area contributed by atoms with Crippen LogP contribution in [0.15, 0.2) is 59.2 Å². The summed E-state index contributed by atoms with van der Waals surface area (Å²) < 4.78 is 22.3. The van der Waals surface area contributed by atoms with Crippen LogP contribution < -0.4 is 10.1 Å². The monoisotopic (exact) mass is 521 g/mol. The Morgan fingerprint density at radius 2 is 1.76 bits per heavy atom. The van der Waals surface area contributed by atoms with E-state index in [9.17, 15) is 4.79 Å². The Bertz CT molecular complexity index is 1100. The number of hydrogen-bond donors (Lipinski definition) is 1. The number of halogens is 2. The van der Waals surface area contributed by atoms with Crippen LogP contribution in [0.2, 0.25) is 35.7 Å². The Morgan fingerprint density at radius 3 is 2.44 bits per heavy atom. The molecule has 34 heavy (non-hydrogen) atoms. The number of furan rings is 1. The summed E-state index contributed by atoms with van der Waals surface area (Å²) in [5.74, 6) is 1.07. The van der Waals surface area contributed by atoms with Crippen LogP contribution in [0.25, 0.3) is 11.3 Å². The molecule has 0 aliphatic rings. The minimum atomic E-state index is -1.12. The highest BCUT2D eigenvalue weighted by Gasteiger charge is 2.20. The fourth-order valence-electron chi connectivity index (χ4n) is 3.08. The SMILES string of the molecule is CC(OC(=O)Nc1c(Cl)coc1-c1ccc(OCOCC[Si](C)(C)C)cc1)c1ccccc1Cl. The summed E-state index contributed by atoms with van der Waals surface area (Å²) >= 11 is 12.4. The molecule has 182 valence electrons. The molecular formula is C25H29Cl2NO5Si. The van der Waals surface area contributed by atoms with Crippen molar-refractivity contribution >= 4 is 43.1 Å². The van der Waals surface area contributed by atoms with Crippen molar-refractivity contribution in [3.05, 3.63) is 70.4 Å². The molecule has 1 atom stereocenters. The van der Waals surface area contributed by atoms with Gasteiger partial charge in [-0.25, -0.2) is 4.79 Å². The highest BCUT2D eigenvalue weighted by molar-refractivity contribution is 6.76. The molecule has 3 aromatic rings. The van der Waals surface area contributed by atoms with Gasteiger partial charge in [0, 0.05) is 30.8 Å². The first kappa shape index (κ1) is 26.2. The highest BCUT2D eigenvalue weighted by Crippen LogP contribution is 2.37. The van der Waals surface area contributed by atoms with Gasteiger partial charge in [-0.15, -0.1) is 0 Å². The number of carbonyl (C=O) groups excluding carboxylic acids is 1. The molecule has 1 unspecified atom stereocenters. The molecule has 0 bridgehead atoms. The van der Waals surface area contributed by atoms with E-state index in [1.807, 2.05) is 24.3 Å². The van der Waals surface area contributed by atoms with Gasteiger partial charge in [-0.05, 0) is 43.3 Å². The first-order chi connectivity index (χ1) is 16.1. The molecule has 1 N–H and O–H groups in total. The van der Waals surface area contributed by atoms with Crippen molar-refractivity contribution < 1.29 is 23.4 Å².